The number of aromatic nitrogens is 3. The first-order chi connectivity index (χ1) is 21.7. The van der Waals surface area contributed by atoms with Crippen LogP contribution in [0.25, 0.3) is 54.7 Å². The molecule has 0 aliphatic carbocycles. The molecule has 0 aliphatic rings. The minimum Gasteiger partial charge on any atom is -0.498 e. The third-order valence-electron chi connectivity index (χ3n) is 6.05. The van der Waals surface area contributed by atoms with E-state index in [0.29, 0.717) is 16.7 Å². The van der Waals surface area contributed by atoms with E-state index >= 15 is 0 Å². The Labute approximate surface area is 261 Å². The zero-order valence-electron chi connectivity index (χ0n) is 28.8. The fraction of sp³-hybridized carbons (Fsp3) is 0.147. The molecule has 6 heteroatoms. The van der Waals surface area contributed by atoms with Crippen LogP contribution in [-0.2, 0) is 25.5 Å². The van der Waals surface area contributed by atoms with Gasteiger partial charge in [0, 0.05) is 47.4 Å². The molecular formula is C34H27IrN3OS-2. The van der Waals surface area contributed by atoms with Crippen LogP contribution in [0.15, 0.2) is 95.6 Å². The molecule has 0 amide bonds. The van der Waals surface area contributed by atoms with Gasteiger partial charge in [0.1, 0.15) is 11.1 Å². The van der Waals surface area contributed by atoms with Crippen LogP contribution in [-0.4, -0.2) is 15.0 Å². The van der Waals surface area contributed by atoms with E-state index in [1.807, 2.05) is 36.4 Å². The molecule has 0 spiro atoms. The second-order valence-electron chi connectivity index (χ2n) is 9.91. The number of furan rings is 1. The quantitative estimate of drug-likeness (QED) is 0.167. The van der Waals surface area contributed by atoms with E-state index in [-0.39, 0.29) is 61.1 Å². The number of thiazole rings is 1. The molecule has 0 atom stereocenters. The number of pyridine rings is 2. The summed E-state index contributed by atoms with van der Waals surface area (Å²) in [6, 6.07) is 23.6. The molecule has 0 unspecified atom stereocenters. The van der Waals surface area contributed by atoms with E-state index in [9.17, 15) is 0 Å². The number of hydrogen-bond donors (Lipinski definition) is 0. The van der Waals surface area contributed by atoms with E-state index in [0.717, 1.165) is 37.3 Å². The van der Waals surface area contributed by atoms with Crippen molar-refractivity contribution in [1.29, 1.82) is 0 Å². The monoisotopic (exact) mass is 725 g/mol. The maximum atomic E-state index is 8.26. The van der Waals surface area contributed by atoms with Crippen LogP contribution in [0.3, 0.4) is 0 Å². The van der Waals surface area contributed by atoms with Crippen LogP contribution in [0.5, 0.6) is 0 Å². The van der Waals surface area contributed by atoms with Crippen molar-refractivity contribution in [1.82, 2.24) is 15.0 Å². The zero-order valence-corrected chi connectivity index (χ0v) is 25.1. The molecule has 7 rings (SSSR count). The molecule has 3 aromatic carbocycles. The first-order valence-corrected chi connectivity index (χ1v) is 13.1. The number of benzene rings is 3. The molecule has 0 bridgehead atoms. The van der Waals surface area contributed by atoms with Crippen LogP contribution in [0.2, 0.25) is 0 Å². The number of hydrogen-bond acceptors (Lipinski definition) is 5. The second-order valence-corrected chi connectivity index (χ2v) is 10.9. The second kappa shape index (κ2) is 11.4. The van der Waals surface area contributed by atoms with Gasteiger partial charge in [0.25, 0.3) is 0 Å². The van der Waals surface area contributed by atoms with Crippen molar-refractivity contribution in [3.63, 3.8) is 0 Å². The standard InChI is InChI=1S/C22H17N2OS.C12H10N.Ir/c1-22(2,3)21-24-18-17(26-21)11-10-14-13-7-6-8-15(19(13)25-20(14)18)16-9-4-5-12-23-16;1-10-7-8-12(13-9-10)11-5-3-2-4-6-11;/h4-7,9-12H,1-3H3;2-5,7-9H,1H3;/q2*-1;/i4D,5D,9D,12D;1D3;. The molecule has 4 heterocycles. The Kier molecular flexibility index (Phi) is 5.77. The van der Waals surface area contributed by atoms with Crippen molar-refractivity contribution in [3.05, 3.63) is 114 Å². The first kappa shape index (κ1) is 20.2. The van der Waals surface area contributed by atoms with Crippen molar-refractivity contribution < 1.29 is 34.1 Å². The first-order valence-electron chi connectivity index (χ1n) is 15.8. The minimum absolute atomic E-state index is 0. The van der Waals surface area contributed by atoms with Gasteiger partial charge < -0.3 is 14.4 Å². The Morgan fingerprint density at radius 2 is 1.77 bits per heavy atom. The number of aryl methyl sites for hydroxylation is 1. The van der Waals surface area contributed by atoms with Gasteiger partial charge in [0.15, 0.2) is 0 Å². The molecule has 4 nitrogen and oxygen atoms in total. The maximum Gasteiger partial charge on any atom is 0.148 e. The molecule has 0 N–H and O–H groups in total. The minimum atomic E-state index is -2.09. The summed E-state index contributed by atoms with van der Waals surface area (Å²) >= 11 is 1.65. The average molecular weight is 725 g/mol. The molecule has 0 aliphatic heterocycles. The van der Waals surface area contributed by atoms with E-state index < -0.39 is 6.85 Å². The van der Waals surface area contributed by atoms with Crippen LogP contribution < -0.4 is 0 Å². The fourth-order valence-corrected chi connectivity index (χ4v) is 5.16. The Balaban J connectivity index is 0.000000217. The summed E-state index contributed by atoms with van der Waals surface area (Å²) in [5, 5.41) is 2.76. The molecule has 0 saturated carbocycles. The topological polar surface area (TPSA) is 51.8 Å². The zero-order chi connectivity index (χ0) is 33.0. The van der Waals surface area contributed by atoms with Gasteiger partial charge in [-0.15, -0.1) is 65.4 Å². The fourth-order valence-electron chi connectivity index (χ4n) is 4.14. The number of fused-ring (bicyclic) bond motifs is 5. The van der Waals surface area contributed by atoms with Crippen molar-refractivity contribution >= 4 is 43.5 Å². The predicted molar refractivity (Wildman–Crippen MR) is 161 cm³/mol. The smallest absolute Gasteiger partial charge is 0.148 e. The molecular weight excluding hydrogens is 691 g/mol. The Morgan fingerprint density at radius 1 is 0.900 bits per heavy atom. The normalized spacial score (nSPS) is 14.1. The third kappa shape index (κ3) is 5.48. The van der Waals surface area contributed by atoms with Crippen LogP contribution in [0, 0.1) is 19.0 Å². The van der Waals surface area contributed by atoms with Crippen LogP contribution in [0.4, 0.5) is 0 Å². The molecule has 0 fully saturated rings. The van der Waals surface area contributed by atoms with Gasteiger partial charge in [-0.25, -0.2) is 4.98 Å². The molecule has 1 radical (unpaired) electrons. The summed E-state index contributed by atoms with van der Waals surface area (Å²) in [5.41, 5.74) is 4.26. The van der Waals surface area contributed by atoms with Gasteiger partial charge in [-0.3, -0.25) is 0 Å². The van der Waals surface area contributed by atoms with E-state index in [1.54, 1.807) is 35.6 Å². The summed E-state index contributed by atoms with van der Waals surface area (Å²) in [5.74, 6) is 0. The van der Waals surface area contributed by atoms with E-state index in [1.165, 1.54) is 6.20 Å². The predicted octanol–water partition coefficient (Wildman–Crippen LogP) is 9.21. The van der Waals surface area contributed by atoms with Crippen molar-refractivity contribution in [3.8, 4) is 22.5 Å². The van der Waals surface area contributed by atoms with Crippen molar-refractivity contribution in [2.24, 2.45) is 0 Å². The van der Waals surface area contributed by atoms with Gasteiger partial charge in [-0.1, -0.05) is 62.0 Å². The van der Waals surface area contributed by atoms with Gasteiger partial charge >= 0.3 is 0 Å². The van der Waals surface area contributed by atoms with E-state index in [2.05, 4.69) is 42.9 Å². The van der Waals surface area contributed by atoms with Gasteiger partial charge in [-0.2, -0.15) is 0 Å². The average Bonchev–Trinajstić information content (AvgIpc) is 3.65. The third-order valence-corrected chi connectivity index (χ3v) is 7.50. The summed E-state index contributed by atoms with van der Waals surface area (Å²) in [4.78, 5) is 13.1. The summed E-state index contributed by atoms with van der Waals surface area (Å²) in [6.07, 6.45) is 1.05. The van der Waals surface area contributed by atoms with Gasteiger partial charge in [0.2, 0.25) is 0 Å². The Morgan fingerprint density at radius 3 is 2.52 bits per heavy atom. The number of nitrogens with zero attached hydrogens (tertiary/aromatic N) is 3. The molecule has 7 aromatic rings. The van der Waals surface area contributed by atoms with Crippen LogP contribution >= 0.6 is 11.3 Å². The van der Waals surface area contributed by atoms with Gasteiger partial charge in [-0.05, 0) is 35.9 Å². The van der Waals surface area contributed by atoms with Crippen molar-refractivity contribution in [2.45, 2.75) is 33.0 Å². The summed E-state index contributed by atoms with van der Waals surface area (Å²) in [6.45, 7) is 4.29. The molecule has 201 valence electrons. The Bertz CT molecular complexity index is 2230. The Hall–Kier alpha value is -3.70. The SMILES string of the molecule is [2H]C([2H])([2H])c1ccc(-c2[c-]cccc2)nc1.[2H]c1nc(-c2[c-]ccc3c2oc2c3ccc3sc(C(C)(C)C)nc32)c([2H])c([2H])c1[2H].[Ir]. The van der Waals surface area contributed by atoms with Crippen LogP contribution in [0.1, 0.15) is 40.9 Å². The molecule has 4 aromatic heterocycles. The van der Waals surface area contributed by atoms with Crippen molar-refractivity contribution in [2.75, 3.05) is 0 Å². The van der Waals surface area contributed by atoms with Gasteiger partial charge in [0.05, 0.1) is 20.8 Å². The van der Waals surface area contributed by atoms with E-state index in [4.69, 9.17) is 19.0 Å². The summed E-state index contributed by atoms with van der Waals surface area (Å²) < 4.78 is 60.8. The molecule has 0 saturated heterocycles. The number of rotatable bonds is 2. The summed E-state index contributed by atoms with van der Waals surface area (Å²) in [7, 11) is 0. The molecule has 40 heavy (non-hydrogen) atoms. The largest absolute Gasteiger partial charge is 0.498 e. The maximum absolute atomic E-state index is 8.26.